The van der Waals surface area contributed by atoms with Crippen LogP contribution in [0.1, 0.15) is 18.9 Å². The first-order valence-corrected chi connectivity index (χ1v) is 5.71. The first-order chi connectivity index (χ1) is 7.13. The zero-order chi connectivity index (χ0) is 11.3. The van der Waals surface area contributed by atoms with Crippen molar-refractivity contribution in [2.75, 3.05) is 6.61 Å². The maximum atomic E-state index is 12.9. The van der Waals surface area contributed by atoms with Crippen LogP contribution in [0.4, 0.5) is 4.39 Å². The normalized spacial score (nSPS) is 12.8. The van der Waals surface area contributed by atoms with Crippen LogP contribution in [0.3, 0.4) is 0 Å². The lowest BCUT2D eigenvalue weighted by Crippen LogP contribution is -2.26. The van der Waals surface area contributed by atoms with E-state index in [0.29, 0.717) is 13.0 Å². The molecule has 2 nitrogen and oxygen atoms in total. The average Bonchev–Trinajstić information content (AvgIpc) is 2.20. The lowest BCUT2D eigenvalue weighted by atomic mass is 10.2. The topological polar surface area (TPSA) is 32.3 Å². The molecule has 0 amide bonds. The fourth-order valence-corrected chi connectivity index (χ4v) is 1.65. The summed E-state index contributed by atoms with van der Waals surface area (Å²) in [7, 11) is 0. The van der Waals surface area contributed by atoms with Gasteiger partial charge in [0.05, 0.1) is 0 Å². The summed E-state index contributed by atoms with van der Waals surface area (Å²) < 4.78 is 13.8. The van der Waals surface area contributed by atoms with Gasteiger partial charge in [-0.25, -0.2) is 4.39 Å². The van der Waals surface area contributed by atoms with Crippen molar-refractivity contribution in [3.63, 3.8) is 0 Å². The Hall–Kier alpha value is -0.450. The van der Waals surface area contributed by atoms with E-state index in [0.717, 1.165) is 10.0 Å². The van der Waals surface area contributed by atoms with Gasteiger partial charge < -0.3 is 10.4 Å². The quantitative estimate of drug-likeness (QED) is 0.865. The molecule has 0 aliphatic heterocycles. The molecule has 84 valence electrons. The molecule has 0 radical (unpaired) electrons. The van der Waals surface area contributed by atoms with E-state index in [4.69, 9.17) is 5.11 Å². The molecule has 4 heteroatoms. The molecule has 0 aliphatic rings. The summed E-state index contributed by atoms with van der Waals surface area (Å²) in [5.74, 6) is -0.232. The van der Waals surface area contributed by atoms with Crippen molar-refractivity contribution in [1.29, 1.82) is 0 Å². The van der Waals surface area contributed by atoms with E-state index in [-0.39, 0.29) is 18.5 Å². The molecule has 0 unspecified atom stereocenters. The van der Waals surface area contributed by atoms with Crippen LogP contribution in [0.25, 0.3) is 0 Å². The molecule has 0 saturated carbocycles. The number of aliphatic hydroxyl groups is 1. The zero-order valence-electron chi connectivity index (χ0n) is 8.63. The highest BCUT2D eigenvalue weighted by Crippen LogP contribution is 2.17. The summed E-state index contributed by atoms with van der Waals surface area (Å²) in [6, 6.07) is 4.85. The second-order valence-corrected chi connectivity index (χ2v) is 4.38. The molecule has 1 aromatic carbocycles. The number of hydrogen-bond acceptors (Lipinski definition) is 2. The van der Waals surface area contributed by atoms with Gasteiger partial charge in [0.2, 0.25) is 0 Å². The van der Waals surface area contributed by atoms with Crippen molar-refractivity contribution < 1.29 is 9.50 Å². The fourth-order valence-electron chi connectivity index (χ4n) is 1.26. The van der Waals surface area contributed by atoms with Gasteiger partial charge in [0, 0.05) is 23.7 Å². The number of hydrogen-bond donors (Lipinski definition) is 2. The van der Waals surface area contributed by atoms with Gasteiger partial charge in [-0.3, -0.25) is 0 Å². The Morgan fingerprint density at radius 3 is 2.93 bits per heavy atom. The van der Waals surface area contributed by atoms with Crippen molar-refractivity contribution in [1.82, 2.24) is 5.32 Å². The molecule has 0 bridgehead atoms. The standard InChI is InChI=1S/C11H15BrFNO/c1-8(4-5-15)14-7-9-6-10(13)2-3-11(9)12/h2-3,6,8,14-15H,4-5,7H2,1H3/t8-/m1/s1. The number of rotatable bonds is 5. The predicted molar refractivity (Wildman–Crippen MR) is 62.1 cm³/mol. The van der Waals surface area contributed by atoms with E-state index in [1.54, 1.807) is 6.07 Å². The van der Waals surface area contributed by atoms with E-state index in [1.165, 1.54) is 12.1 Å². The van der Waals surface area contributed by atoms with Crippen molar-refractivity contribution >= 4 is 15.9 Å². The minimum atomic E-state index is -0.232. The molecule has 15 heavy (non-hydrogen) atoms. The van der Waals surface area contributed by atoms with Crippen molar-refractivity contribution in [3.05, 3.63) is 34.1 Å². The maximum absolute atomic E-state index is 12.9. The molecule has 1 atom stereocenters. The third kappa shape index (κ3) is 4.28. The van der Waals surface area contributed by atoms with Gasteiger partial charge in [-0.2, -0.15) is 0 Å². The summed E-state index contributed by atoms with van der Waals surface area (Å²) in [5, 5.41) is 11.9. The average molecular weight is 276 g/mol. The summed E-state index contributed by atoms with van der Waals surface area (Å²) in [6.45, 7) is 2.75. The Morgan fingerprint density at radius 1 is 1.53 bits per heavy atom. The van der Waals surface area contributed by atoms with E-state index >= 15 is 0 Å². The van der Waals surface area contributed by atoms with Gasteiger partial charge in [-0.1, -0.05) is 15.9 Å². The molecule has 2 N–H and O–H groups in total. The highest BCUT2D eigenvalue weighted by Gasteiger charge is 2.04. The Kier molecular flexibility index (Phi) is 5.22. The second kappa shape index (κ2) is 6.20. The van der Waals surface area contributed by atoms with Crippen LogP contribution in [0, 0.1) is 5.82 Å². The zero-order valence-corrected chi connectivity index (χ0v) is 10.2. The first-order valence-electron chi connectivity index (χ1n) is 4.91. The third-order valence-electron chi connectivity index (χ3n) is 2.21. The molecule has 0 saturated heterocycles. The molecule has 0 aromatic heterocycles. The summed E-state index contributed by atoms with van der Waals surface area (Å²) in [5.41, 5.74) is 0.889. The largest absolute Gasteiger partial charge is 0.396 e. The lowest BCUT2D eigenvalue weighted by molar-refractivity contribution is 0.268. The maximum Gasteiger partial charge on any atom is 0.123 e. The molecule has 1 aromatic rings. The number of halogens is 2. The van der Waals surface area contributed by atoms with Crippen LogP contribution >= 0.6 is 15.9 Å². The van der Waals surface area contributed by atoms with Crippen LogP contribution in [0.2, 0.25) is 0 Å². The lowest BCUT2D eigenvalue weighted by Gasteiger charge is -2.13. The molecule has 1 rings (SSSR count). The number of benzene rings is 1. The molecule has 0 aliphatic carbocycles. The third-order valence-corrected chi connectivity index (χ3v) is 2.98. The van der Waals surface area contributed by atoms with Gasteiger partial charge in [0.1, 0.15) is 5.82 Å². The van der Waals surface area contributed by atoms with Crippen LogP contribution in [-0.4, -0.2) is 17.8 Å². The molecular weight excluding hydrogens is 261 g/mol. The molecule has 0 heterocycles. The Bertz CT molecular complexity index is 319. The van der Waals surface area contributed by atoms with E-state index in [9.17, 15) is 4.39 Å². The van der Waals surface area contributed by atoms with Gasteiger partial charge in [-0.15, -0.1) is 0 Å². The Balaban J connectivity index is 2.53. The summed E-state index contributed by atoms with van der Waals surface area (Å²) in [4.78, 5) is 0. The van der Waals surface area contributed by atoms with Crippen LogP contribution in [0.15, 0.2) is 22.7 Å². The van der Waals surface area contributed by atoms with Gasteiger partial charge in [0.15, 0.2) is 0 Å². The highest BCUT2D eigenvalue weighted by molar-refractivity contribution is 9.10. The highest BCUT2D eigenvalue weighted by atomic mass is 79.9. The van der Waals surface area contributed by atoms with Crippen molar-refractivity contribution in [2.45, 2.75) is 25.9 Å². The SMILES string of the molecule is C[C@H](CCO)NCc1cc(F)ccc1Br. The predicted octanol–water partition coefficient (Wildman–Crippen LogP) is 2.45. The van der Waals surface area contributed by atoms with Gasteiger partial charge >= 0.3 is 0 Å². The fraction of sp³-hybridized carbons (Fsp3) is 0.455. The minimum absolute atomic E-state index is 0.165. The molecule has 0 fully saturated rings. The molecular formula is C11H15BrFNO. The van der Waals surface area contributed by atoms with Gasteiger partial charge in [-0.05, 0) is 37.1 Å². The van der Waals surface area contributed by atoms with Crippen LogP contribution < -0.4 is 5.32 Å². The second-order valence-electron chi connectivity index (χ2n) is 3.53. The van der Waals surface area contributed by atoms with E-state index < -0.39 is 0 Å². The smallest absolute Gasteiger partial charge is 0.123 e. The van der Waals surface area contributed by atoms with E-state index in [1.807, 2.05) is 6.92 Å². The minimum Gasteiger partial charge on any atom is -0.396 e. The molecule has 0 spiro atoms. The van der Waals surface area contributed by atoms with Crippen molar-refractivity contribution in [3.8, 4) is 0 Å². The number of aliphatic hydroxyl groups excluding tert-OH is 1. The monoisotopic (exact) mass is 275 g/mol. The Morgan fingerprint density at radius 2 is 2.27 bits per heavy atom. The van der Waals surface area contributed by atoms with Crippen LogP contribution in [-0.2, 0) is 6.54 Å². The number of nitrogens with one attached hydrogen (secondary N) is 1. The van der Waals surface area contributed by atoms with Crippen LogP contribution in [0.5, 0.6) is 0 Å². The Labute approximate surface area is 97.6 Å². The first kappa shape index (κ1) is 12.6. The summed E-state index contributed by atoms with van der Waals surface area (Å²) in [6.07, 6.45) is 0.701. The van der Waals surface area contributed by atoms with Crippen molar-refractivity contribution in [2.24, 2.45) is 0 Å². The van der Waals surface area contributed by atoms with Gasteiger partial charge in [0.25, 0.3) is 0 Å². The van der Waals surface area contributed by atoms with E-state index in [2.05, 4.69) is 21.2 Å². The summed E-state index contributed by atoms with van der Waals surface area (Å²) >= 11 is 3.36.